The fourth-order valence-corrected chi connectivity index (χ4v) is 4.67. The summed E-state index contributed by atoms with van der Waals surface area (Å²) in [6.45, 7) is 8.86. The van der Waals surface area contributed by atoms with Crippen molar-refractivity contribution in [2.75, 3.05) is 52.5 Å². The van der Waals surface area contributed by atoms with E-state index in [4.69, 9.17) is 14.2 Å². The van der Waals surface area contributed by atoms with Gasteiger partial charge in [0.05, 0.1) is 12.1 Å². The number of rotatable bonds is 13. The van der Waals surface area contributed by atoms with Crippen molar-refractivity contribution in [3.8, 4) is 0 Å². The third-order valence-corrected chi connectivity index (χ3v) is 6.87. The lowest BCUT2D eigenvalue weighted by molar-refractivity contribution is -0.239. The van der Waals surface area contributed by atoms with Crippen LogP contribution in [0.1, 0.15) is 33.3 Å². The number of nitrogens with one attached hydrogen (secondary N) is 2. The zero-order valence-corrected chi connectivity index (χ0v) is 25.1. The summed E-state index contributed by atoms with van der Waals surface area (Å²) >= 11 is 3.38. The fourth-order valence-electron chi connectivity index (χ4n) is 4.31. The van der Waals surface area contributed by atoms with Crippen molar-refractivity contribution in [1.29, 1.82) is 0 Å². The van der Waals surface area contributed by atoms with E-state index in [1.165, 1.54) is 6.08 Å². The van der Waals surface area contributed by atoms with E-state index >= 15 is 0 Å². The topological polar surface area (TPSA) is 122 Å². The predicted molar refractivity (Wildman–Crippen MR) is 147 cm³/mol. The molecule has 0 saturated carbocycles. The Labute approximate surface area is 245 Å². The number of hydrogen-bond acceptors (Lipinski definition) is 8. The molecule has 1 aliphatic rings. The summed E-state index contributed by atoms with van der Waals surface area (Å²) in [5, 5.41) is 4.69. The van der Waals surface area contributed by atoms with Gasteiger partial charge in [-0.15, -0.1) is 0 Å². The first-order chi connectivity index (χ1) is 19.2. The van der Waals surface area contributed by atoms with Gasteiger partial charge in [-0.25, -0.2) is 4.79 Å². The Kier molecular flexibility index (Phi) is 12.5. The summed E-state index contributed by atoms with van der Waals surface area (Å²) in [5.74, 6) is -2.83. The third kappa shape index (κ3) is 9.38. The van der Waals surface area contributed by atoms with Crippen molar-refractivity contribution < 1.29 is 41.8 Å². The zero-order valence-electron chi connectivity index (χ0n) is 23.6. The second-order valence-corrected chi connectivity index (χ2v) is 10.5. The van der Waals surface area contributed by atoms with Gasteiger partial charge in [-0.05, 0) is 49.7 Å². The van der Waals surface area contributed by atoms with Gasteiger partial charge in [0.1, 0.15) is 19.2 Å². The second kappa shape index (κ2) is 14.9. The maximum atomic E-state index is 13.6. The highest BCUT2D eigenvalue weighted by Crippen LogP contribution is 2.29. The van der Waals surface area contributed by atoms with Gasteiger partial charge in [0.25, 0.3) is 0 Å². The largest absolute Gasteiger partial charge is 0.445 e. The summed E-state index contributed by atoms with van der Waals surface area (Å²) < 4.78 is 56.0. The maximum absolute atomic E-state index is 13.6. The van der Waals surface area contributed by atoms with Crippen molar-refractivity contribution >= 4 is 33.8 Å². The fraction of sp³-hybridized carbons (Fsp3) is 0.615. The monoisotopic (exact) mass is 651 g/mol. The highest BCUT2D eigenvalue weighted by molar-refractivity contribution is 9.10. The van der Waals surface area contributed by atoms with Crippen LogP contribution in [0.3, 0.4) is 0 Å². The molecule has 15 heteroatoms. The van der Waals surface area contributed by atoms with Gasteiger partial charge >= 0.3 is 12.3 Å². The van der Waals surface area contributed by atoms with Crippen molar-refractivity contribution in [1.82, 2.24) is 25.4 Å². The predicted octanol–water partition coefficient (Wildman–Crippen LogP) is 2.95. The standard InChI is InChI=1S/C26H37BrF3N5O6/c1-6-11-39-23(38)35-10-9-34(15-20(35)21(36)32-17-26(28,29)30)24(4,5)22(37)33-16-25(40-7-2,41-8-3)18-12-19(27)14-31-13-18/h6,12-14,20H,1,7-11,15-17H2,2-5H3,(H,32,36)(H,33,37)/t20-/m0/s1. The molecule has 2 rings (SSSR count). The third-order valence-electron chi connectivity index (χ3n) is 6.43. The van der Waals surface area contributed by atoms with E-state index in [2.05, 4.69) is 32.8 Å². The first-order valence-corrected chi connectivity index (χ1v) is 13.8. The van der Waals surface area contributed by atoms with Crippen LogP contribution in [-0.2, 0) is 29.6 Å². The smallest absolute Gasteiger partial charge is 0.410 e. The molecule has 2 N–H and O–H groups in total. The number of carbonyl (C=O) groups is 3. The summed E-state index contributed by atoms with van der Waals surface area (Å²) in [6, 6.07) is 0.430. The molecule has 11 nitrogen and oxygen atoms in total. The van der Waals surface area contributed by atoms with E-state index in [0.29, 0.717) is 10.0 Å². The molecule has 1 aromatic rings. The van der Waals surface area contributed by atoms with Gasteiger partial charge in [-0.2, -0.15) is 13.2 Å². The highest BCUT2D eigenvalue weighted by Gasteiger charge is 2.45. The van der Waals surface area contributed by atoms with Crippen LogP contribution in [-0.4, -0.2) is 103 Å². The average molecular weight is 653 g/mol. The number of nitrogens with zero attached hydrogens (tertiary/aromatic N) is 3. The lowest BCUT2D eigenvalue weighted by Gasteiger charge is -2.46. The van der Waals surface area contributed by atoms with E-state index in [1.807, 2.05) is 5.32 Å². The summed E-state index contributed by atoms with van der Waals surface area (Å²) in [5.41, 5.74) is -0.680. The molecule has 41 heavy (non-hydrogen) atoms. The highest BCUT2D eigenvalue weighted by atomic mass is 79.9. The lowest BCUT2D eigenvalue weighted by Crippen LogP contribution is -2.67. The molecule has 0 radical (unpaired) electrons. The van der Waals surface area contributed by atoms with Crippen LogP contribution in [0.4, 0.5) is 18.0 Å². The Morgan fingerprint density at radius 3 is 2.34 bits per heavy atom. The zero-order chi connectivity index (χ0) is 30.8. The van der Waals surface area contributed by atoms with Crippen LogP contribution >= 0.6 is 15.9 Å². The van der Waals surface area contributed by atoms with Gasteiger partial charge in [0, 0.05) is 55.3 Å². The number of halogens is 4. The number of amides is 3. The SMILES string of the molecule is C=CCOC(=O)N1CCN(C(C)(C)C(=O)NCC(OCC)(OCC)c2cncc(Br)c2)C[C@H]1C(=O)NCC(F)(F)F. The first-order valence-electron chi connectivity index (χ1n) is 13.0. The molecule has 1 saturated heterocycles. The second-order valence-electron chi connectivity index (χ2n) is 9.61. The number of ether oxygens (including phenoxy) is 3. The molecule has 0 unspecified atom stereocenters. The first kappa shape index (κ1) is 34.5. The van der Waals surface area contributed by atoms with Crippen molar-refractivity contribution in [3.63, 3.8) is 0 Å². The maximum Gasteiger partial charge on any atom is 0.410 e. The quantitative estimate of drug-likeness (QED) is 0.247. The summed E-state index contributed by atoms with van der Waals surface area (Å²) in [7, 11) is 0. The number of pyridine rings is 1. The molecule has 0 aromatic carbocycles. The minimum absolute atomic E-state index is 0.0671. The lowest BCUT2D eigenvalue weighted by atomic mass is 9.97. The molecule has 0 aliphatic carbocycles. The Morgan fingerprint density at radius 2 is 1.78 bits per heavy atom. The van der Waals surface area contributed by atoms with Crippen molar-refractivity contribution in [2.24, 2.45) is 0 Å². The van der Waals surface area contributed by atoms with Crippen LogP contribution in [0.5, 0.6) is 0 Å². The van der Waals surface area contributed by atoms with Gasteiger partial charge in [-0.3, -0.25) is 24.4 Å². The van der Waals surface area contributed by atoms with Gasteiger partial charge < -0.3 is 24.8 Å². The molecule has 1 atom stereocenters. The minimum atomic E-state index is -4.64. The molecule has 1 aliphatic heterocycles. The van der Waals surface area contributed by atoms with Gasteiger partial charge in [0.2, 0.25) is 17.6 Å². The summed E-state index contributed by atoms with van der Waals surface area (Å²) in [4.78, 5) is 45.8. The molecular formula is C26H37BrF3N5O6. The van der Waals surface area contributed by atoms with E-state index in [-0.39, 0.29) is 46.0 Å². The van der Waals surface area contributed by atoms with E-state index in [9.17, 15) is 27.6 Å². The number of aromatic nitrogens is 1. The number of piperazine rings is 1. The van der Waals surface area contributed by atoms with E-state index < -0.39 is 48.0 Å². The Bertz CT molecular complexity index is 1070. The van der Waals surface area contributed by atoms with Gasteiger partial charge in [0.15, 0.2) is 0 Å². The van der Waals surface area contributed by atoms with Crippen LogP contribution in [0.2, 0.25) is 0 Å². The number of hydrogen-bond donors (Lipinski definition) is 2. The van der Waals surface area contributed by atoms with Gasteiger partial charge in [-0.1, -0.05) is 12.7 Å². The van der Waals surface area contributed by atoms with Crippen LogP contribution < -0.4 is 10.6 Å². The van der Waals surface area contributed by atoms with Crippen molar-refractivity contribution in [2.45, 2.75) is 51.2 Å². The molecule has 1 fully saturated rings. The molecule has 2 heterocycles. The van der Waals surface area contributed by atoms with Crippen molar-refractivity contribution in [3.05, 3.63) is 41.2 Å². The summed E-state index contributed by atoms with van der Waals surface area (Å²) in [6.07, 6.45) is -1.02. The molecule has 1 aromatic heterocycles. The normalized spacial score (nSPS) is 16.7. The Morgan fingerprint density at radius 1 is 1.12 bits per heavy atom. The molecule has 230 valence electrons. The molecular weight excluding hydrogens is 615 g/mol. The number of alkyl halides is 3. The molecule has 0 bridgehead atoms. The minimum Gasteiger partial charge on any atom is -0.445 e. The van der Waals surface area contributed by atoms with E-state index in [0.717, 1.165) is 4.90 Å². The van der Waals surface area contributed by atoms with Crippen LogP contribution in [0.25, 0.3) is 0 Å². The van der Waals surface area contributed by atoms with E-state index in [1.54, 1.807) is 51.1 Å². The Hall–Kier alpha value is -2.75. The Balaban J connectivity index is 2.26. The van der Waals surface area contributed by atoms with Crippen LogP contribution in [0.15, 0.2) is 35.6 Å². The van der Waals surface area contributed by atoms with Crippen LogP contribution in [0, 0.1) is 0 Å². The molecule has 0 spiro atoms. The molecule has 3 amide bonds. The average Bonchev–Trinajstić information content (AvgIpc) is 2.92. The number of carbonyl (C=O) groups excluding carboxylic acids is 3.